The molecule has 2 nitrogen and oxygen atoms in total. The fourth-order valence-corrected chi connectivity index (χ4v) is 3.00. The van der Waals surface area contributed by atoms with Crippen LogP contribution in [0.15, 0.2) is 38.9 Å². The van der Waals surface area contributed by atoms with Crippen LogP contribution in [0.1, 0.15) is 10.6 Å². The summed E-state index contributed by atoms with van der Waals surface area (Å²) in [6.45, 7) is -0.0786. The zero-order valence-electron chi connectivity index (χ0n) is 8.87. The van der Waals surface area contributed by atoms with E-state index in [1.165, 1.54) is 11.3 Å². The van der Waals surface area contributed by atoms with Crippen LogP contribution in [0.5, 0.6) is 0 Å². The van der Waals surface area contributed by atoms with Crippen molar-refractivity contribution in [3.63, 3.8) is 0 Å². The first-order valence-electron chi connectivity index (χ1n) is 4.89. The van der Waals surface area contributed by atoms with Crippen LogP contribution in [0.25, 0.3) is 0 Å². The van der Waals surface area contributed by atoms with Crippen molar-refractivity contribution in [1.82, 2.24) is 4.57 Å². The van der Waals surface area contributed by atoms with Crippen molar-refractivity contribution < 1.29 is 13.2 Å². The van der Waals surface area contributed by atoms with Gasteiger partial charge in [-0.05, 0) is 34.1 Å². The molecule has 0 saturated heterocycles. The Morgan fingerprint density at radius 3 is 2.50 bits per heavy atom. The van der Waals surface area contributed by atoms with Gasteiger partial charge in [-0.1, -0.05) is 6.07 Å². The summed E-state index contributed by atoms with van der Waals surface area (Å²) in [7, 11) is 0. The monoisotopic (exact) mass is 337 g/mol. The van der Waals surface area contributed by atoms with Gasteiger partial charge in [-0.2, -0.15) is 13.2 Å². The van der Waals surface area contributed by atoms with Crippen molar-refractivity contribution in [1.29, 1.82) is 0 Å². The van der Waals surface area contributed by atoms with Crippen LogP contribution in [0.3, 0.4) is 0 Å². The Kier molecular flexibility index (Phi) is 3.63. The average Bonchev–Trinajstić information content (AvgIpc) is 2.65. The van der Waals surface area contributed by atoms with Crippen molar-refractivity contribution in [3.05, 3.63) is 55.0 Å². The van der Waals surface area contributed by atoms with E-state index < -0.39 is 17.4 Å². The second kappa shape index (κ2) is 4.89. The highest BCUT2D eigenvalue weighted by molar-refractivity contribution is 9.11. The van der Waals surface area contributed by atoms with Crippen molar-refractivity contribution in [2.24, 2.45) is 0 Å². The van der Waals surface area contributed by atoms with Gasteiger partial charge in [0.2, 0.25) is 0 Å². The molecule has 0 fully saturated rings. The maximum Gasteiger partial charge on any atom is 0.431 e. The minimum absolute atomic E-state index is 0.0786. The van der Waals surface area contributed by atoms with Crippen LogP contribution in [-0.2, 0) is 12.7 Å². The van der Waals surface area contributed by atoms with Crippen molar-refractivity contribution in [2.45, 2.75) is 12.7 Å². The quantitative estimate of drug-likeness (QED) is 0.818. The number of thiophene rings is 1. The van der Waals surface area contributed by atoms with E-state index in [0.717, 1.165) is 26.6 Å². The second-order valence-electron chi connectivity index (χ2n) is 3.54. The molecule has 7 heteroatoms. The molecule has 0 N–H and O–H groups in total. The molecule has 0 aliphatic heterocycles. The number of halogens is 4. The van der Waals surface area contributed by atoms with Gasteiger partial charge in [0.25, 0.3) is 5.56 Å². The number of hydrogen-bond acceptors (Lipinski definition) is 2. The number of alkyl halides is 3. The van der Waals surface area contributed by atoms with Crippen molar-refractivity contribution in [2.75, 3.05) is 0 Å². The van der Waals surface area contributed by atoms with Crippen LogP contribution in [0.2, 0.25) is 0 Å². The van der Waals surface area contributed by atoms with Gasteiger partial charge in [-0.15, -0.1) is 11.3 Å². The lowest BCUT2D eigenvalue weighted by Gasteiger charge is -2.13. The first-order chi connectivity index (χ1) is 8.38. The Bertz CT molecular complexity index is 617. The summed E-state index contributed by atoms with van der Waals surface area (Å²) in [5.41, 5.74) is -1.59. The molecule has 0 unspecified atom stereocenters. The van der Waals surface area contributed by atoms with Gasteiger partial charge in [0.1, 0.15) is 5.69 Å². The Morgan fingerprint density at radius 1 is 1.22 bits per heavy atom. The van der Waals surface area contributed by atoms with Gasteiger partial charge in [0.15, 0.2) is 0 Å². The van der Waals surface area contributed by atoms with E-state index in [2.05, 4.69) is 15.9 Å². The van der Waals surface area contributed by atoms with Gasteiger partial charge < -0.3 is 0 Å². The fourth-order valence-electron chi connectivity index (χ4n) is 1.52. The molecule has 0 atom stereocenters. The number of pyridine rings is 1. The zero-order chi connectivity index (χ0) is 13.3. The number of nitrogens with zero attached hydrogens (tertiary/aromatic N) is 1. The molecular weight excluding hydrogens is 331 g/mol. The Morgan fingerprint density at radius 2 is 1.94 bits per heavy atom. The smallest absolute Gasteiger partial charge is 0.299 e. The highest BCUT2D eigenvalue weighted by Gasteiger charge is 2.34. The molecule has 2 aromatic heterocycles. The molecule has 2 heterocycles. The van der Waals surface area contributed by atoms with Crippen LogP contribution < -0.4 is 5.56 Å². The average molecular weight is 338 g/mol. The van der Waals surface area contributed by atoms with E-state index in [0.29, 0.717) is 4.88 Å². The molecule has 0 amide bonds. The first-order valence-corrected chi connectivity index (χ1v) is 6.50. The Balaban J connectivity index is 2.47. The lowest BCUT2D eigenvalue weighted by atomic mass is 10.3. The van der Waals surface area contributed by atoms with Crippen molar-refractivity contribution in [3.8, 4) is 0 Å². The standard InChI is InChI=1S/C11H7BrF3NOS/c12-9-5-4-7(18-9)6-16-8(11(13,14)15)2-1-3-10(16)17/h1-5H,6H2. The predicted octanol–water partition coefficient (Wildman–Crippen LogP) is 3.74. The summed E-state index contributed by atoms with van der Waals surface area (Å²) in [6.07, 6.45) is -4.53. The predicted molar refractivity (Wildman–Crippen MR) is 66.8 cm³/mol. The fraction of sp³-hybridized carbons (Fsp3) is 0.182. The zero-order valence-corrected chi connectivity index (χ0v) is 11.3. The van der Waals surface area contributed by atoms with Crippen LogP contribution in [0, 0.1) is 0 Å². The van der Waals surface area contributed by atoms with E-state index in [4.69, 9.17) is 0 Å². The lowest BCUT2D eigenvalue weighted by Crippen LogP contribution is -2.27. The number of hydrogen-bond donors (Lipinski definition) is 0. The van der Waals surface area contributed by atoms with E-state index in [9.17, 15) is 18.0 Å². The number of rotatable bonds is 2. The maximum absolute atomic E-state index is 12.8. The third-order valence-corrected chi connectivity index (χ3v) is 3.89. The summed E-state index contributed by atoms with van der Waals surface area (Å²) in [6, 6.07) is 6.57. The van der Waals surface area contributed by atoms with Crippen LogP contribution in [0.4, 0.5) is 13.2 Å². The Hall–Kier alpha value is -1.08. The van der Waals surface area contributed by atoms with Gasteiger partial charge in [-0.3, -0.25) is 9.36 Å². The first kappa shape index (κ1) is 13.4. The summed E-state index contributed by atoms with van der Waals surface area (Å²) in [4.78, 5) is 12.2. The molecular formula is C11H7BrF3NOS. The molecule has 0 aliphatic carbocycles. The topological polar surface area (TPSA) is 22.0 Å². The van der Waals surface area contributed by atoms with Crippen LogP contribution in [-0.4, -0.2) is 4.57 Å². The molecule has 96 valence electrons. The van der Waals surface area contributed by atoms with Gasteiger partial charge in [0.05, 0.1) is 10.3 Å². The summed E-state index contributed by atoms with van der Waals surface area (Å²) in [5.74, 6) is 0. The largest absolute Gasteiger partial charge is 0.431 e. The van der Waals surface area contributed by atoms with E-state index in [-0.39, 0.29) is 6.54 Å². The molecule has 2 aromatic rings. The molecule has 0 bridgehead atoms. The minimum Gasteiger partial charge on any atom is -0.299 e. The highest BCUT2D eigenvalue weighted by atomic mass is 79.9. The van der Waals surface area contributed by atoms with E-state index in [1.54, 1.807) is 12.1 Å². The van der Waals surface area contributed by atoms with Crippen LogP contribution >= 0.6 is 27.3 Å². The second-order valence-corrected chi connectivity index (χ2v) is 6.09. The third kappa shape index (κ3) is 2.84. The summed E-state index contributed by atoms with van der Waals surface area (Å²) >= 11 is 4.53. The molecule has 0 spiro atoms. The molecule has 18 heavy (non-hydrogen) atoms. The normalized spacial score (nSPS) is 11.8. The summed E-state index contributed by atoms with van der Waals surface area (Å²) < 4.78 is 39.9. The van der Waals surface area contributed by atoms with Gasteiger partial charge >= 0.3 is 6.18 Å². The molecule has 0 aromatic carbocycles. The molecule has 0 aliphatic rings. The van der Waals surface area contributed by atoms with E-state index in [1.807, 2.05) is 0 Å². The van der Waals surface area contributed by atoms with Gasteiger partial charge in [-0.25, -0.2) is 0 Å². The molecule has 2 rings (SSSR count). The lowest BCUT2D eigenvalue weighted by molar-refractivity contribution is -0.144. The third-order valence-electron chi connectivity index (χ3n) is 2.28. The molecule has 0 radical (unpaired) electrons. The van der Waals surface area contributed by atoms with E-state index >= 15 is 0 Å². The Labute approximate surface area is 113 Å². The summed E-state index contributed by atoms with van der Waals surface area (Å²) in [5, 5.41) is 0. The minimum atomic E-state index is -4.53. The number of aromatic nitrogens is 1. The van der Waals surface area contributed by atoms with Gasteiger partial charge in [0, 0.05) is 10.9 Å². The highest BCUT2D eigenvalue weighted by Crippen LogP contribution is 2.29. The SMILES string of the molecule is O=c1cccc(C(F)(F)F)n1Cc1ccc(Br)s1. The maximum atomic E-state index is 12.8. The van der Waals surface area contributed by atoms with Crippen molar-refractivity contribution >= 4 is 27.3 Å². The molecule has 0 saturated carbocycles.